The number of benzene rings is 3. The molecule has 200 valence electrons. The number of para-hydroxylation sites is 1. The summed E-state index contributed by atoms with van der Waals surface area (Å²) in [5, 5.41) is 15.3. The van der Waals surface area contributed by atoms with E-state index >= 15 is 0 Å². The van der Waals surface area contributed by atoms with Crippen molar-refractivity contribution >= 4 is 27.3 Å². The van der Waals surface area contributed by atoms with Gasteiger partial charge in [0.15, 0.2) is 5.82 Å². The van der Waals surface area contributed by atoms with Crippen LogP contribution in [-0.4, -0.2) is 28.9 Å². The average Bonchev–Trinajstić information content (AvgIpc) is 3.76. The molecule has 1 aliphatic carbocycles. The second-order valence-electron chi connectivity index (χ2n) is 10.5. The largest absolute Gasteiger partial charge is 0.272 e. The summed E-state index contributed by atoms with van der Waals surface area (Å²) in [6, 6.07) is 32.4. The molecule has 7 nitrogen and oxygen atoms in total. The Bertz CT molecular complexity index is 2090. The second kappa shape index (κ2) is 9.67. The number of thiophene rings is 1. The zero-order valence-electron chi connectivity index (χ0n) is 22.3. The van der Waals surface area contributed by atoms with Crippen molar-refractivity contribution < 1.29 is 0 Å². The van der Waals surface area contributed by atoms with Crippen LogP contribution in [0.1, 0.15) is 28.8 Å². The lowest BCUT2D eigenvalue weighted by Crippen LogP contribution is -2.24. The van der Waals surface area contributed by atoms with Gasteiger partial charge in [-0.1, -0.05) is 78.9 Å². The van der Waals surface area contributed by atoms with Crippen LogP contribution in [0.2, 0.25) is 0 Å². The van der Waals surface area contributed by atoms with Crippen molar-refractivity contribution in [1.82, 2.24) is 28.9 Å². The Morgan fingerprint density at radius 2 is 1.51 bits per heavy atom. The zero-order valence-corrected chi connectivity index (χ0v) is 23.1. The molecule has 41 heavy (non-hydrogen) atoms. The highest BCUT2D eigenvalue weighted by atomic mass is 32.1. The van der Waals surface area contributed by atoms with Crippen molar-refractivity contribution in [2.24, 2.45) is 0 Å². The number of hydrogen-bond acceptors (Lipinski definition) is 5. The lowest BCUT2D eigenvalue weighted by atomic mass is 9.97. The number of hydrogen-bond donors (Lipinski definition) is 0. The molecule has 0 fully saturated rings. The minimum Gasteiger partial charge on any atom is -0.272 e. The van der Waals surface area contributed by atoms with Crippen LogP contribution in [-0.2, 0) is 19.4 Å². The summed E-state index contributed by atoms with van der Waals surface area (Å²) in [6.07, 6.45) is 4.19. The number of aromatic nitrogens is 6. The number of fused-ring (bicyclic) bond motifs is 5. The van der Waals surface area contributed by atoms with E-state index in [2.05, 4.69) is 27.7 Å². The van der Waals surface area contributed by atoms with E-state index in [0.29, 0.717) is 18.1 Å². The number of rotatable bonds is 5. The third kappa shape index (κ3) is 3.94. The van der Waals surface area contributed by atoms with Gasteiger partial charge in [0.05, 0.1) is 23.3 Å². The Hall–Kier alpha value is -4.82. The van der Waals surface area contributed by atoms with Crippen molar-refractivity contribution in [3.63, 3.8) is 0 Å². The van der Waals surface area contributed by atoms with Gasteiger partial charge in [-0.2, -0.15) is 5.10 Å². The van der Waals surface area contributed by atoms with Crippen LogP contribution in [0, 0.1) is 0 Å². The van der Waals surface area contributed by atoms with Gasteiger partial charge in [-0.3, -0.25) is 9.36 Å². The molecule has 0 bridgehead atoms. The van der Waals surface area contributed by atoms with Gasteiger partial charge >= 0.3 is 0 Å². The first-order valence-electron chi connectivity index (χ1n) is 13.9. The van der Waals surface area contributed by atoms with Gasteiger partial charge in [0.2, 0.25) is 5.78 Å². The van der Waals surface area contributed by atoms with Crippen molar-refractivity contribution in [3.05, 3.63) is 123 Å². The minimum atomic E-state index is 0.0104. The van der Waals surface area contributed by atoms with Gasteiger partial charge in [-0.05, 0) is 55.0 Å². The monoisotopic (exact) mass is 554 g/mol. The van der Waals surface area contributed by atoms with Crippen molar-refractivity contribution in [3.8, 4) is 28.5 Å². The summed E-state index contributed by atoms with van der Waals surface area (Å²) in [6.45, 7) is 0.426. The van der Waals surface area contributed by atoms with Crippen LogP contribution < -0.4 is 5.56 Å². The Morgan fingerprint density at radius 1 is 0.805 bits per heavy atom. The average molecular weight is 555 g/mol. The molecule has 4 aromatic heterocycles. The maximum atomic E-state index is 14.2. The predicted molar refractivity (Wildman–Crippen MR) is 163 cm³/mol. The molecule has 0 saturated heterocycles. The molecule has 0 spiro atoms. The Labute approximate surface area is 240 Å². The Balaban J connectivity index is 1.44. The molecule has 7 aromatic rings. The van der Waals surface area contributed by atoms with E-state index in [1.165, 1.54) is 10.4 Å². The fraction of sp³-hybridized carbons (Fsp3) is 0.152. The molecule has 0 atom stereocenters. The highest BCUT2D eigenvalue weighted by Crippen LogP contribution is 2.37. The Kier molecular flexibility index (Phi) is 5.67. The van der Waals surface area contributed by atoms with Crippen molar-refractivity contribution in [1.29, 1.82) is 0 Å². The molecular weight excluding hydrogens is 528 g/mol. The van der Waals surface area contributed by atoms with Crippen LogP contribution >= 0.6 is 11.3 Å². The van der Waals surface area contributed by atoms with Gasteiger partial charge in [0.25, 0.3) is 5.56 Å². The van der Waals surface area contributed by atoms with Crippen LogP contribution in [0.15, 0.2) is 102 Å². The summed E-state index contributed by atoms with van der Waals surface area (Å²) in [7, 11) is 0. The molecule has 8 heteroatoms. The minimum absolute atomic E-state index is 0.0104. The van der Waals surface area contributed by atoms with Gasteiger partial charge in [-0.25, -0.2) is 9.08 Å². The molecule has 0 saturated carbocycles. The van der Waals surface area contributed by atoms with Gasteiger partial charge < -0.3 is 0 Å². The molecular formula is C33H26N6OS. The van der Waals surface area contributed by atoms with Gasteiger partial charge in [-0.15, -0.1) is 21.5 Å². The first-order chi connectivity index (χ1) is 20.3. The SMILES string of the molecule is O=c1c2c3c(sc2n2c(-c4cc(-c5ccccc5)nn4-c4ccccc4)nnc2n1Cc1ccccc1)CCCC3. The molecule has 8 rings (SSSR count). The predicted octanol–water partition coefficient (Wildman–Crippen LogP) is 6.55. The molecule has 0 aliphatic heterocycles. The topological polar surface area (TPSA) is 70.0 Å². The summed E-state index contributed by atoms with van der Waals surface area (Å²) >= 11 is 1.72. The van der Waals surface area contributed by atoms with Crippen LogP contribution in [0.25, 0.3) is 44.5 Å². The van der Waals surface area contributed by atoms with Gasteiger partial charge in [0.1, 0.15) is 10.5 Å². The number of nitrogens with zero attached hydrogens (tertiary/aromatic N) is 6. The first-order valence-corrected chi connectivity index (χ1v) is 14.8. The summed E-state index contributed by atoms with van der Waals surface area (Å²) in [5.74, 6) is 1.21. The van der Waals surface area contributed by atoms with Crippen LogP contribution in [0.4, 0.5) is 0 Å². The third-order valence-electron chi connectivity index (χ3n) is 7.89. The molecule has 1 aliphatic rings. The lowest BCUT2D eigenvalue weighted by molar-refractivity contribution is 0.698. The summed E-state index contributed by atoms with van der Waals surface area (Å²) in [5.41, 5.74) is 5.88. The Morgan fingerprint density at radius 3 is 2.29 bits per heavy atom. The molecule has 4 heterocycles. The molecule has 0 radical (unpaired) electrons. The summed E-state index contributed by atoms with van der Waals surface area (Å²) < 4.78 is 5.82. The van der Waals surface area contributed by atoms with Gasteiger partial charge in [0, 0.05) is 10.4 Å². The molecule has 0 amide bonds. The van der Waals surface area contributed by atoms with E-state index in [0.717, 1.165) is 64.1 Å². The molecule has 3 aromatic carbocycles. The second-order valence-corrected chi connectivity index (χ2v) is 11.5. The first kappa shape index (κ1) is 24.0. The highest BCUT2D eigenvalue weighted by Gasteiger charge is 2.27. The normalized spacial score (nSPS) is 13.2. The fourth-order valence-corrected chi connectivity index (χ4v) is 7.30. The zero-order chi connectivity index (χ0) is 27.3. The van der Waals surface area contributed by atoms with E-state index in [1.54, 1.807) is 15.9 Å². The maximum Gasteiger partial charge on any atom is 0.264 e. The van der Waals surface area contributed by atoms with E-state index in [-0.39, 0.29) is 5.56 Å². The smallest absolute Gasteiger partial charge is 0.264 e. The van der Waals surface area contributed by atoms with Crippen LogP contribution in [0.5, 0.6) is 0 Å². The van der Waals surface area contributed by atoms with Crippen LogP contribution in [0.3, 0.4) is 0 Å². The van der Waals surface area contributed by atoms with E-state index in [9.17, 15) is 4.79 Å². The van der Waals surface area contributed by atoms with E-state index < -0.39 is 0 Å². The lowest BCUT2D eigenvalue weighted by Gasteiger charge is -2.12. The summed E-state index contributed by atoms with van der Waals surface area (Å²) in [4.78, 5) is 16.4. The number of aryl methyl sites for hydroxylation is 2. The van der Waals surface area contributed by atoms with E-state index in [4.69, 9.17) is 10.2 Å². The van der Waals surface area contributed by atoms with Crippen molar-refractivity contribution in [2.75, 3.05) is 0 Å². The maximum absolute atomic E-state index is 14.2. The fourth-order valence-electron chi connectivity index (χ4n) is 5.92. The molecule has 0 unspecified atom stereocenters. The quantitative estimate of drug-likeness (QED) is 0.242. The van der Waals surface area contributed by atoms with Crippen molar-refractivity contribution in [2.45, 2.75) is 32.2 Å². The highest BCUT2D eigenvalue weighted by molar-refractivity contribution is 7.19. The molecule has 0 N–H and O–H groups in total. The standard InChI is InChI=1S/C33H26N6OS/c40-31-29-25-18-10-11-19-28(25)41-32(29)38-30(34-35-33(38)37(31)21-22-12-4-1-5-13-22)27-20-26(23-14-6-2-7-15-23)36-39(27)24-16-8-3-9-17-24/h1-9,12-17,20H,10-11,18-19,21H2. The van der Waals surface area contributed by atoms with E-state index in [1.807, 2.05) is 83.5 Å². The third-order valence-corrected chi connectivity index (χ3v) is 9.17.